The Morgan fingerprint density at radius 2 is 1.97 bits per heavy atom. The van der Waals surface area contributed by atoms with Gasteiger partial charge in [-0.1, -0.05) is 11.6 Å². The zero-order chi connectivity index (χ0) is 24.2. The molecule has 2 aliphatic rings. The van der Waals surface area contributed by atoms with Crippen LogP contribution in [0, 0.1) is 11.6 Å². The predicted molar refractivity (Wildman–Crippen MR) is 113 cm³/mol. The van der Waals surface area contributed by atoms with Crippen LogP contribution in [-0.4, -0.2) is 58.3 Å². The molecule has 9 nitrogen and oxygen atoms in total. The third-order valence-corrected chi connectivity index (χ3v) is 5.96. The van der Waals surface area contributed by atoms with Crippen LogP contribution in [0.1, 0.15) is 30.4 Å². The number of halogens is 3. The third-order valence-electron chi connectivity index (χ3n) is 5.66. The van der Waals surface area contributed by atoms with Crippen molar-refractivity contribution in [1.29, 1.82) is 0 Å². The lowest BCUT2D eigenvalue weighted by atomic mass is 9.99. The van der Waals surface area contributed by atoms with Crippen LogP contribution < -0.4 is 4.74 Å². The quantitative estimate of drug-likeness (QED) is 0.291. The monoisotopic (exact) mass is 495 g/mol. The first-order chi connectivity index (χ1) is 16.2. The zero-order valence-corrected chi connectivity index (χ0v) is 19.1. The first-order valence-electron chi connectivity index (χ1n) is 10.3. The number of hydrogen-bond acceptors (Lipinski definition) is 8. The molecule has 34 heavy (non-hydrogen) atoms. The molecular weight excluding hydrogens is 476 g/mol. The standard InChI is InChI=1S/C22H20ClF2N3O6/c1-22(2)33-17-16(14(29)10-4-5-12(24)13(25)15(10)31-9-30-3)32-21(18(17)34-22)28-7-6-11-19(23)26-8-27-20(11)28/h4-8,16-18,21H,9H2,1-3H3/t16-,17-,18-,21-/m1/s1. The molecule has 0 radical (unpaired) electrons. The van der Waals surface area contributed by atoms with Gasteiger partial charge in [-0.2, -0.15) is 4.39 Å². The minimum atomic E-state index is -1.30. The van der Waals surface area contributed by atoms with Crippen molar-refractivity contribution >= 4 is 28.4 Å². The summed E-state index contributed by atoms with van der Waals surface area (Å²) in [6.07, 6.45) is -0.571. The van der Waals surface area contributed by atoms with Crippen LogP contribution in [0.3, 0.4) is 0 Å². The van der Waals surface area contributed by atoms with E-state index >= 15 is 0 Å². The number of aromatic nitrogens is 3. The molecule has 12 heteroatoms. The van der Waals surface area contributed by atoms with E-state index in [1.54, 1.807) is 30.7 Å². The van der Waals surface area contributed by atoms with E-state index in [1.165, 1.54) is 13.4 Å². The summed E-state index contributed by atoms with van der Waals surface area (Å²) >= 11 is 6.17. The number of ether oxygens (including phenoxy) is 5. The van der Waals surface area contributed by atoms with Crippen LogP contribution in [0.15, 0.2) is 30.7 Å². The fourth-order valence-corrected chi connectivity index (χ4v) is 4.49. The molecule has 0 saturated carbocycles. The normalized spacial score (nSPS) is 25.6. The predicted octanol–water partition coefficient (Wildman–Crippen LogP) is 3.65. The molecule has 1 aromatic carbocycles. The minimum absolute atomic E-state index is 0.212. The van der Waals surface area contributed by atoms with Crippen molar-refractivity contribution in [2.75, 3.05) is 13.9 Å². The second kappa shape index (κ2) is 8.51. The van der Waals surface area contributed by atoms with Crippen LogP contribution >= 0.6 is 11.6 Å². The van der Waals surface area contributed by atoms with E-state index < -0.39 is 53.5 Å². The van der Waals surface area contributed by atoms with Gasteiger partial charge in [-0.05, 0) is 32.0 Å². The third kappa shape index (κ3) is 3.73. The second-order valence-corrected chi connectivity index (χ2v) is 8.65. The molecule has 0 spiro atoms. The lowest BCUT2D eigenvalue weighted by molar-refractivity contribution is -0.190. The number of benzene rings is 1. The largest absolute Gasteiger partial charge is 0.464 e. The van der Waals surface area contributed by atoms with Crippen molar-refractivity contribution < 1.29 is 37.3 Å². The molecule has 180 valence electrons. The van der Waals surface area contributed by atoms with Gasteiger partial charge in [0, 0.05) is 13.3 Å². The van der Waals surface area contributed by atoms with Crippen molar-refractivity contribution in [3.63, 3.8) is 0 Å². The Kier molecular flexibility index (Phi) is 5.77. The molecule has 4 atom stereocenters. The Morgan fingerprint density at radius 1 is 1.21 bits per heavy atom. The van der Waals surface area contributed by atoms with Gasteiger partial charge >= 0.3 is 0 Å². The maximum absolute atomic E-state index is 14.5. The van der Waals surface area contributed by atoms with E-state index in [1.807, 2.05) is 0 Å². The van der Waals surface area contributed by atoms with Gasteiger partial charge in [-0.15, -0.1) is 0 Å². The molecular formula is C22H20ClF2N3O6. The van der Waals surface area contributed by atoms with Crippen LogP contribution in [0.5, 0.6) is 5.75 Å². The Hall–Kier alpha value is -2.70. The molecule has 2 fully saturated rings. The molecule has 0 aliphatic carbocycles. The van der Waals surface area contributed by atoms with Gasteiger partial charge in [0.05, 0.1) is 10.9 Å². The number of rotatable bonds is 6. The fraction of sp³-hybridized carbons (Fsp3) is 0.409. The number of Topliss-reactive ketones (excluding diaryl/α,β-unsaturated/α-hetero) is 1. The first kappa shape index (κ1) is 23.1. The molecule has 2 aliphatic heterocycles. The summed E-state index contributed by atoms with van der Waals surface area (Å²) in [4.78, 5) is 21.8. The fourth-order valence-electron chi connectivity index (χ4n) is 4.30. The summed E-state index contributed by atoms with van der Waals surface area (Å²) in [5.41, 5.74) is 0.262. The molecule has 0 unspecified atom stereocenters. The van der Waals surface area contributed by atoms with Crippen LogP contribution in [0.4, 0.5) is 8.78 Å². The van der Waals surface area contributed by atoms with Crippen LogP contribution in [0.2, 0.25) is 5.15 Å². The highest BCUT2D eigenvalue weighted by molar-refractivity contribution is 6.33. The Morgan fingerprint density at radius 3 is 2.74 bits per heavy atom. The maximum Gasteiger partial charge on any atom is 0.201 e. The second-order valence-electron chi connectivity index (χ2n) is 8.29. The van der Waals surface area contributed by atoms with Gasteiger partial charge in [-0.3, -0.25) is 4.79 Å². The highest BCUT2D eigenvalue weighted by atomic mass is 35.5. The molecule has 2 saturated heterocycles. The van der Waals surface area contributed by atoms with Crippen LogP contribution in [-0.2, 0) is 18.9 Å². The average Bonchev–Trinajstić information content (AvgIpc) is 3.45. The minimum Gasteiger partial charge on any atom is -0.464 e. The molecule has 0 N–H and O–H groups in total. The van der Waals surface area contributed by atoms with Crippen molar-refractivity contribution in [2.45, 2.75) is 44.2 Å². The summed E-state index contributed by atoms with van der Waals surface area (Å²) in [7, 11) is 1.32. The van der Waals surface area contributed by atoms with Gasteiger partial charge in [0.2, 0.25) is 5.82 Å². The number of carbonyl (C=O) groups is 1. The molecule has 5 rings (SSSR count). The Labute approximate surface area is 197 Å². The van der Waals surface area contributed by atoms with Gasteiger partial charge in [0.1, 0.15) is 29.3 Å². The van der Waals surface area contributed by atoms with Gasteiger partial charge in [-0.25, -0.2) is 14.4 Å². The van der Waals surface area contributed by atoms with E-state index in [4.69, 9.17) is 35.3 Å². The van der Waals surface area contributed by atoms with Gasteiger partial charge in [0.25, 0.3) is 0 Å². The smallest absolute Gasteiger partial charge is 0.201 e. The number of carbonyl (C=O) groups excluding carboxylic acids is 1. The average molecular weight is 496 g/mol. The van der Waals surface area contributed by atoms with E-state index in [9.17, 15) is 13.6 Å². The highest BCUT2D eigenvalue weighted by Gasteiger charge is 2.58. The molecule has 3 aromatic rings. The molecule has 4 heterocycles. The summed E-state index contributed by atoms with van der Waals surface area (Å²) in [6.45, 7) is 3.03. The topological polar surface area (TPSA) is 93.9 Å². The summed E-state index contributed by atoms with van der Waals surface area (Å²) in [5.74, 6) is -4.72. The highest BCUT2D eigenvalue weighted by Crippen LogP contribution is 2.45. The molecule has 0 bridgehead atoms. The zero-order valence-electron chi connectivity index (χ0n) is 18.3. The number of fused-ring (bicyclic) bond motifs is 2. The lowest BCUT2D eigenvalue weighted by Gasteiger charge is -2.25. The Balaban J connectivity index is 1.55. The number of hydrogen-bond donors (Lipinski definition) is 0. The number of ketones is 1. The van der Waals surface area contributed by atoms with Gasteiger partial charge in [0.15, 0.2) is 42.3 Å². The number of methoxy groups -OCH3 is 1. The van der Waals surface area contributed by atoms with E-state index in [2.05, 4.69) is 9.97 Å². The number of nitrogens with zero attached hydrogens (tertiary/aromatic N) is 3. The molecule has 0 amide bonds. The van der Waals surface area contributed by atoms with Crippen molar-refractivity contribution in [3.8, 4) is 5.75 Å². The van der Waals surface area contributed by atoms with E-state index in [0.29, 0.717) is 11.0 Å². The van der Waals surface area contributed by atoms with E-state index in [-0.39, 0.29) is 17.5 Å². The first-order valence-corrected chi connectivity index (χ1v) is 10.7. The van der Waals surface area contributed by atoms with Crippen molar-refractivity contribution in [2.24, 2.45) is 0 Å². The summed E-state index contributed by atoms with van der Waals surface area (Å²) < 4.78 is 58.2. The maximum atomic E-state index is 14.5. The lowest BCUT2D eigenvalue weighted by Crippen LogP contribution is -2.36. The van der Waals surface area contributed by atoms with Crippen molar-refractivity contribution in [3.05, 3.63) is 53.1 Å². The van der Waals surface area contributed by atoms with Crippen molar-refractivity contribution in [1.82, 2.24) is 14.5 Å². The van der Waals surface area contributed by atoms with E-state index in [0.717, 1.165) is 12.1 Å². The van der Waals surface area contributed by atoms with Gasteiger partial charge < -0.3 is 28.3 Å². The molecule has 2 aromatic heterocycles. The van der Waals surface area contributed by atoms with Crippen LogP contribution in [0.25, 0.3) is 11.0 Å². The SMILES string of the molecule is COCOc1c(C(=O)[C@H]2O[C@@H](n3ccc4c(Cl)ncnc43)[C@@H]3OC(C)(C)O[C@@H]32)ccc(F)c1F. The summed E-state index contributed by atoms with van der Waals surface area (Å²) in [6, 6.07) is 3.70. The Bertz CT molecular complexity index is 1270. The summed E-state index contributed by atoms with van der Waals surface area (Å²) in [5, 5.41) is 0.852.